The van der Waals surface area contributed by atoms with Gasteiger partial charge in [0.25, 0.3) is 0 Å². The molecule has 6 heteroatoms. The van der Waals surface area contributed by atoms with Crippen molar-refractivity contribution in [3.05, 3.63) is 30.3 Å². The fourth-order valence-corrected chi connectivity index (χ4v) is 2.95. The van der Waals surface area contributed by atoms with Crippen LogP contribution in [0.5, 0.6) is 0 Å². The van der Waals surface area contributed by atoms with Crippen molar-refractivity contribution in [1.82, 2.24) is 0 Å². The zero-order valence-electron chi connectivity index (χ0n) is 9.72. The molecule has 0 radical (unpaired) electrons. The number of hydrogen-bond acceptors (Lipinski definition) is 6. The highest BCUT2D eigenvalue weighted by Gasteiger charge is 2.42. The van der Waals surface area contributed by atoms with Crippen molar-refractivity contribution in [2.75, 3.05) is 6.61 Å². The number of aliphatic hydroxyl groups is 3. The lowest BCUT2D eigenvalue weighted by molar-refractivity contribution is -0.160. The molecule has 5 nitrogen and oxygen atoms in total. The van der Waals surface area contributed by atoms with Gasteiger partial charge in [-0.25, -0.2) is 0 Å². The third-order valence-corrected chi connectivity index (χ3v) is 4.10. The first-order valence-electron chi connectivity index (χ1n) is 5.73. The molecule has 5 atom stereocenters. The second-order valence-corrected chi connectivity index (χ2v) is 5.39. The van der Waals surface area contributed by atoms with Crippen LogP contribution in [0.1, 0.15) is 0 Å². The van der Waals surface area contributed by atoms with Crippen molar-refractivity contribution in [3.63, 3.8) is 0 Å². The molecular formula is C12H17NO4S. The van der Waals surface area contributed by atoms with E-state index in [0.29, 0.717) is 0 Å². The van der Waals surface area contributed by atoms with Crippen molar-refractivity contribution in [3.8, 4) is 0 Å². The molecule has 0 aromatic heterocycles. The largest absolute Gasteiger partial charge is 0.394 e. The molecule has 0 saturated carbocycles. The highest BCUT2D eigenvalue weighted by Crippen LogP contribution is 2.32. The maximum Gasteiger partial charge on any atom is 0.135 e. The van der Waals surface area contributed by atoms with Gasteiger partial charge in [0, 0.05) is 4.90 Å². The van der Waals surface area contributed by atoms with Gasteiger partial charge < -0.3 is 25.8 Å². The Morgan fingerprint density at radius 3 is 2.44 bits per heavy atom. The second-order valence-electron chi connectivity index (χ2n) is 4.21. The van der Waals surface area contributed by atoms with Gasteiger partial charge in [0.2, 0.25) is 0 Å². The van der Waals surface area contributed by atoms with Crippen molar-refractivity contribution < 1.29 is 20.1 Å². The summed E-state index contributed by atoms with van der Waals surface area (Å²) in [6, 6.07) is 8.63. The maximum absolute atomic E-state index is 9.97. The third kappa shape index (κ3) is 2.85. The molecule has 1 aromatic rings. The molecule has 1 fully saturated rings. The minimum absolute atomic E-state index is 0.326. The van der Waals surface area contributed by atoms with Crippen LogP contribution in [0.15, 0.2) is 35.2 Å². The minimum Gasteiger partial charge on any atom is -0.394 e. The normalized spacial score (nSPS) is 36.6. The van der Waals surface area contributed by atoms with Crippen LogP contribution in [-0.2, 0) is 4.74 Å². The lowest BCUT2D eigenvalue weighted by atomic mass is 9.98. The van der Waals surface area contributed by atoms with Crippen LogP contribution in [0, 0.1) is 0 Å². The highest BCUT2D eigenvalue weighted by atomic mass is 32.2. The number of nitrogens with two attached hydrogens (primary N) is 1. The van der Waals surface area contributed by atoms with E-state index in [-0.39, 0.29) is 6.61 Å². The van der Waals surface area contributed by atoms with Gasteiger partial charge in [-0.1, -0.05) is 30.0 Å². The van der Waals surface area contributed by atoms with Crippen LogP contribution < -0.4 is 5.73 Å². The third-order valence-electron chi connectivity index (χ3n) is 2.93. The smallest absolute Gasteiger partial charge is 0.135 e. The summed E-state index contributed by atoms with van der Waals surface area (Å²) in [6.07, 6.45) is -2.80. The van der Waals surface area contributed by atoms with Crippen molar-refractivity contribution in [2.24, 2.45) is 5.73 Å². The number of ether oxygens (including phenoxy) is 1. The van der Waals surface area contributed by atoms with E-state index in [9.17, 15) is 10.2 Å². The Morgan fingerprint density at radius 1 is 1.17 bits per heavy atom. The minimum atomic E-state index is -1.06. The van der Waals surface area contributed by atoms with E-state index < -0.39 is 29.8 Å². The molecule has 5 unspecified atom stereocenters. The molecule has 5 N–H and O–H groups in total. The summed E-state index contributed by atoms with van der Waals surface area (Å²) >= 11 is 1.32. The summed E-state index contributed by atoms with van der Waals surface area (Å²) in [6.45, 7) is -0.326. The SMILES string of the molecule is NC1C(O)C(CO)OC(Sc2ccccc2)C1O. The van der Waals surface area contributed by atoms with Gasteiger partial charge in [0.15, 0.2) is 0 Å². The summed E-state index contributed by atoms with van der Waals surface area (Å²) < 4.78 is 5.47. The van der Waals surface area contributed by atoms with E-state index in [1.54, 1.807) is 0 Å². The summed E-state index contributed by atoms with van der Waals surface area (Å²) in [7, 11) is 0. The molecule has 0 spiro atoms. The van der Waals surface area contributed by atoms with E-state index in [2.05, 4.69) is 0 Å². The van der Waals surface area contributed by atoms with Crippen LogP contribution in [0.25, 0.3) is 0 Å². The lowest BCUT2D eigenvalue weighted by Gasteiger charge is -2.40. The van der Waals surface area contributed by atoms with Crippen molar-refractivity contribution in [2.45, 2.75) is 34.7 Å². The average Bonchev–Trinajstić information content (AvgIpc) is 2.40. The Hall–Kier alpha value is -0.630. The number of thioether (sulfide) groups is 1. The monoisotopic (exact) mass is 271 g/mol. The molecule has 18 heavy (non-hydrogen) atoms. The number of aliphatic hydroxyl groups excluding tert-OH is 3. The van der Waals surface area contributed by atoms with Crippen LogP contribution in [0.2, 0.25) is 0 Å². The van der Waals surface area contributed by atoms with Gasteiger partial charge in [-0.05, 0) is 12.1 Å². The highest BCUT2D eigenvalue weighted by molar-refractivity contribution is 7.99. The summed E-state index contributed by atoms with van der Waals surface area (Å²) in [4.78, 5) is 0.932. The summed E-state index contributed by atoms with van der Waals surface area (Å²) in [5, 5.41) is 28.8. The first kappa shape index (κ1) is 13.8. The van der Waals surface area contributed by atoms with E-state index in [1.807, 2.05) is 30.3 Å². The Morgan fingerprint density at radius 2 is 1.83 bits per heavy atom. The molecule has 0 bridgehead atoms. The fraction of sp³-hybridized carbons (Fsp3) is 0.500. The summed E-state index contributed by atoms with van der Waals surface area (Å²) in [5.41, 5.74) is 5.13. The predicted octanol–water partition coefficient (Wildman–Crippen LogP) is -0.455. The first-order valence-corrected chi connectivity index (χ1v) is 6.61. The Labute approximate surface area is 110 Å². The summed E-state index contributed by atoms with van der Waals surface area (Å²) in [5.74, 6) is 0. The van der Waals surface area contributed by atoms with E-state index in [1.165, 1.54) is 11.8 Å². The van der Waals surface area contributed by atoms with Gasteiger partial charge in [0.05, 0.1) is 12.6 Å². The first-order chi connectivity index (χ1) is 8.63. The Kier molecular flexibility index (Phi) is 4.60. The molecule has 1 heterocycles. The lowest BCUT2D eigenvalue weighted by Crippen LogP contribution is -2.61. The number of rotatable bonds is 3. The molecule has 1 saturated heterocycles. The Balaban J connectivity index is 2.08. The van der Waals surface area contributed by atoms with Gasteiger partial charge >= 0.3 is 0 Å². The van der Waals surface area contributed by atoms with E-state index in [0.717, 1.165) is 4.90 Å². The molecular weight excluding hydrogens is 254 g/mol. The van der Waals surface area contributed by atoms with Crippen molar-refractivity contribution >= 4 is 11.8 Å². The molecule has 0 aliphatic carbocycles. The van der Waals surface area contributed by atoms with Crippen LogP contribution in [0.3, 0.4) is 0 Å². The molecule has 1 aliphatic heterocycles. The standard InChI is InChI=1S/C12H17NO4S/c13-9-10(15)8(6-14)17-12(11(9)16)18-7-4-2-1-3-5-7/h1-5,8-12,14-16H,6,13H2. The van der Waals surface area contributed by atoms with E-state index in [4.69, 9.17) is 15.6 Å². The van der Waals surface area contributed by atoms with E-state index >= 15 is 0 Å². The van der Waals surface area contributed by atoms with Gasteiger partial charge in [0.1, 0.15) is 23.7 Å². The molecule has 100 valence electrons. The number of hydrogen-bond donors (Lipinski definition) is 4. The van der Waals surface area contributed by atoms with Gasteiger partial charge in [-0.15, -0.1) is 0 Å². The van der Waals surface area contributed by atoms with Crippen LogP contribution in [0.4, 0.5) is 0 Å². The fourth-order valence-electron chi connectivity index (χ4n) is 1.85. The molecule has 2 rings (SSSR count). The van der Waals surface area contributed by atoms with Crippen molar-refractivity contribution in [1.29, 1.82) is 0 Å². The van der Waals surface area contributed by atoms with Gasteiger partial charge in [-0.3, -0.25) is 0 Å². The van der Waals surface area contributed by atoms with Crippen LogP contribution in [-0.4, -0.2) is 51.7 Å². The maximum atomic E-state index is 9.97. The number of benzene rings is 1. The average molecular weight is 271 g/mol. The van der Waals surface area contributed by atoms with Crippen LogP contribution >= 0.6 is 11.8 Å². The molecule has 0 amide bonds. The molecule has 1 aliphatic rings. The zero-order valence-corrected chi connectivity index (χ0v) is 10.5. The second kappa shape index (κ2) is 6.01. The Bertz CT molecular complexity index is 376. The quantitative estimate of drug-likeness (QED) is 0.594. The topological polar surface area (TPSA) is 95.9 Å². The predicted molar refractivity (Wildman–Crippen MR) is 68.0 cm³/mol. The van der Waals surface area contributed by atoms with Gasteiger partial charge in [-0.2, -0.15) is 0 Å². The zero-order chi connectivity index (χ0) is 13.1. The molecule has 1 aromatic carbocycles.